The molecule has 0 aliphatic rings. The molecule has 7 nitrogen and oxygen atoms in total. The Morgan fingerprint density at radius 3 is 3.05 bits per heavy atom. The molecule has 2 aromatic heterocycles. The van der Waals surface area contributed by atoms with E-state index in [1.165, 1.54) is 13.3 Å². The molecule has 0 saturated heterocycles. The van der Waals surface area contributed by atoms with Crippen LogP contribution >= 0.6 is 22.6 Å². The number of carbonyl (C=O) groups excluding carboxylic acids is 2. The summed E-state index contributed by atoms with van der Waals surface area (Å²) in [5, 5.41) is 6.70. The predicted octanol–water partition coefficient (Wildman–Crippen LogP) is 0.436. The minimum atomic E-state index is -0.425. The summed E-state index contributed by atoms with van der Waals surface area (Å²) in [6, 6.07) is 0. The van der Waals surface area contributed by atoms with Gasteiger partial charge < -0.3 is 10.1 Å². The van der Waals surface area contributed by atoms with Crippen LogP contribution in [0.5, 0.6) is 0 Å². The molecular formula is C11H11IN4O3. The van der Waals surface area contributed by atoms with Crippen LogP contribution in [0.3, 0.4) is 0 Å². The average molecular weight is 374 g/mol. The summed E-state index contributed by atoms with van der Waals surface area (Å²) in [6.45, 7) is 0.198. The Balaban J connectivity index is 2.06. The van der Waals surface area contributed by atoms with Crippen molar-refractivity contribution >= 4 is 40.0 Å². The number of amides is 1. The van der Waals surface area contributed by atoms with Gasteiger partial charge in [-0.1, -0.05) is 22.6 Å². The molecule has 1 unspecified atom stereocenters. The van der Waals surface area contributed by atoms with Crippen LogP contribution in [-0.4, -0.2) is 44.1 Å². The second kappa shape index (κ2) is 5.95. The third-order valence-electron chi connectivity index (χ3n) is 2.47. The van der Waals surface area contributed by atoms with Gasteiger partial charge in [0.1, 0.15) is 3.92 Å². The molecule has 0 aliphatic heterocycles. The molecule has 1 N–H and O–H groups in total. The highest BCUT2D eigenvalue weighted by Gasteiger charge is 2.18. The number of fused-ring (bicyclic) bond motifs is 1. The number of hydrogen-bond acceptors (Lipinski definition) is 5. The van der Waals surface area contributed by atoms with Gasteiger partial charge in [-0.25, -0.2) is 4.52 Å². The average Bonchev–Trinajstić information content (AvgIpc) is 2.87. The third kappa shape index (κ3) is 3.00. The molecule has 0 aromatic carbocycles. The van der Waals surface area contributed by atoms with Crippen LogP contribution in [-0.2, 0) is 9.53 Å². The molecule has 0 radical (unpaired) electrons. The lowest BCUT2D eigenvalue weighted by Gasteiger charge is -2.08. The Kier molecular flexibility index (Phi) is 4.30. The number of methoxy groups -OCH3 is 1. The zero-order valence-corrected chi connectivity index (χ0v) is 12.2. The maximum atomic E-state index is 12.0. The molecule has 1 amide bonds. The molecule has 8 heteroatoms. The number of esters is 1. The van der Waals surface area contributed by atoms with E-state index in [9.17, 15) is 9.59 Å². The van der Waals surface area contributed by atoms with E-state index < -0.39 is 3.92 Å². The highest BCUT2D eigenvalue weighted by molar-refractivity contribution is 14.1. The molecular weight excluding hydrogens is 363 g/mol. The fourth-order valence-corrected chi connectivity index (χ4v) is 1.97. The molecule has 0 saturated carbocycles. The van der Waals surface area contributed by atoms with Crippen LogP contribution in [0.15, 0.2) is 24.8 Å². The minimum absolute atomic E-state index is 0.198. The van der Waals surface area contributed by atoms with Crippen molar-refractivity contribution in [2.24, 2.45) is 0 Å². The summed E-state index contributed by atoms with van der Waals surface area (Å²) < 4.78 is 5.72. The number of aromatic nitrogens is 3. The van der Waals surface area contributed by atoms with Crippen molar-refractivity contribution in [1.82, 2.24) is 19.9 Å². The molecule has 1 atom stereocenters. The zero-order chi connectivity index (χ0) is 13.8. The molecule has 0 bridgehead atoms. The van der Waals surface area contributed by atoms with Crippen molar-refractivity contribution in [3.63, 3.8) is 0 Å². The first-order chi connectivity index (χ1) is 9.13. The van der Waals surface area contributed by atoms with Gasteiger partial charge in [0.25, 0.3) is 5.91 Å². The van der Waals surface area contributed by atoms with Gasteiger partial charge in [-0.2, -0.15) is 5.10 Å². The second-order valence-electron chi connectivity index (χ2n) is 3.67. The number of nitrogens with zero attached hydrogens (tertiary/aromatic N) is 3. The van der Waals surface area contributed by atoms with Crippen LogP contribution in [0.2, 0.25) is 0 Å². The van der Waals surface area contributed by atoms with E-state index in [0.717, 1.165) is 0 Å². The van der Waals surface area contributed by atoms with Crippen LogP contribution < -0.4 is 5.32 Å². The second-order valence-corrected chi connectivity index (χ2v) is 5.17. The van der Waals surface area contributed by atoms with Crippen molar-refractivity contribution in [3.05, 3.63) is 30.4 Å². The Hall–Kier alpha value is -1.71. The first kappa shape index (κ1) is 13.7. The van der Waals surface area contributed by atoms with E-state index in [1.54, 1.807) is 23.1 Å². The van der Waals surface area contributed by atoms with Gasteiger partial charge in [0.2, 0.25) is 0 Å². The molecule has 100 valence electrons. The number of rotatable bonds is 4. The largest absolute Gasteiger partial charge is 0.468 e. The number of carbonyl (C=O) groups is 2. The quantitative estimate of drug-likeness (QED) is 0.477. The summed E-state index contributed by atoms with van der Waals surface area (Å²) >= 11 is 1.91. The normalized spacial score (nSPS) is 12.1. The van der Waals surface area contributed by atoms with Gasteiger partial charge in [0.15, 0.2) is 0 Å². The highest BCUT2D eigenvalue weighted by atomic mass is 127. The fraction of sp³-hybridized carbons (Fsp3) is 0.273. The van der Waals surface area contributed by atoms with Crippen molar-refractivity contribution < 1.29 is 14.3 Å². The number of ether oxygens (including phenoxy) is 1. The van der Waals surface area contributed by atoms with E-state index in [2.05, 4.69) is 20.1 Å². The van der Waals surface area contributed by atoms with Gasteiger partial charge >= 0.3 is 5.97 Å². The standard InChI is InChI=1S/C11H11IN4O3/c1-19-11(18)8(12)5-14-10(17)7-4-15-16-3-2-13-6-9(7)16/h2-4,6,8H,5H2,1H3,(H,14,17). The monoisotopic (exact) mass is 374 g/mol. The third-order valence-corrected chi connectivity index (χ3v) is 3.42. The van der Waals surface area contributed by atoms with Gasteiger partial charge in [0.05, 0.1) is 30.6 Å². The Bertz CT molecular complexity index is 613. The van der Waals surface area contributed by atoms with Crippen molar-refractivity contribution in [1.29, 1.82) is 0 Å². The summed E-state index contributed by atoms with van der Waals surface area (Å²) in [6.07, 6.45) is 6.26. The van der Waals surface area contributed by atoms with Crippen LogP contribution in [0, 0.1) is 0 Å². The fourth-order valence-electron chi connectivity index (χ4n) is 1.50. The van der Waals surface area contributed by atoms with Gasteiger partial charge in [0, 0.05) is 18.9 Å². The first-order valence-electron chi connectivity index (χ1n) is 5.41. The van der Waals surface area contributed by atoms with Crippen molar-refractivity contribution in [3.8, 4) is 0 Å². The molecule has 2 rings (SSSR count). The SMILES string of the molecule is COC(=O)C(I)CNC(=O)c1cnn2ccncc12. The Morgan fingerprint density at radius 2 is 2.32 bits per heavy atom. The summed E-state index contributed by atoms with van der Waals surface area (Å²) in [5.41, 5.74) is 1.03. The number of nitrogens with one attached hydrogen (secondary N) is 1. The first-order valence-corrected chi connectivity index (χ1v) is 6.65. The van der Waals surface area contributed by atoms with Gasteiger partial charge in [-0.3, -0.25) is 14.6 Å². The van der Waals surface area contributed by atoms with E-state index in [-0.39, 0.29) is 18.4 Å². The lowest BCUT2D eigenvalue weighted by atomic mass is 10.2. The molecule has 0 spiro atoms. The number of hydrogen-bond donors (Lipinski definition) is 1. The summed E-state index contributed by atoms with van der Waals surface area (Å²) in [4.78, 5) is 27.2. The lowest BCUT2D eigenvalue weighted by molar-refractivity contribution is -0.139. The van der Waals surface area contributed by atoms with E-state index in [1.807, 2.05) is 22.6 Å². The summed E-state index contributed by atoms with van der Waals surface area (Å²) in [7, 11) is 1.31. The number of alkyl halides is 1. The van der Waals surface area contributed by atoms with Crippen molar-refractivity contribution in [2.45, 2.75) is 3.92 Å². The summed E-state index contributed by atoms with van der Waals surface area (Å²) in [5.74, 6) is -0.670. The minimum Gasteiger partial charge on any atom is -0.468 e. The van der Waals surface area contributed by atoms with Gasteiger partial charge in [-0.05, 0) is 0 Å². The molecule has 19 heavy (non-hydrogen) atoms. The smallest absolute Gasteiger partial charge is 0.320 e. The van der Waals surface area contributed by atoms with Crippen molar-refractivity contribution in [2.75, 3.05) is 13.7 Å². The van der Waals surface area contributed by atoms with Crippen LogP contribution in [0.25, 0.3) is 5.52 Å². The number of halogens is 1. The topological polar surface area (TPSA) is 85.6 Å². The molecule has 0 fully saturated rings. The van der Waals surface area contributed by atoms with E-state index >= 15 is 0 Å². The van der Waals surface area contributed by atoms with E-state index in [4.69, 9.17) is 0 Å². The van der Waals surface area contributed by atoms with Crippen LogP contribution in [0.1, 0.15) is 10.4 Å². The maximum Gasteiger partial charge on any atom is 0.320 e. The Morgan fingerprint density at radius 1 is 1.53 bits per heavy atom. The lowest BCUT2D eigenvalue weighted by Crippen LogP contribution is -2.33. The predicted molar refractivity (Wildman–Crippen MR) is 75.1 cm³/mol. The Labute approximate surface area is 122 Å². The molecule has 0 aliphatic carbocycles. The van der Waals surface area contributed by atoms with Gasteiger partial charge in [-0.15, -0.1) is 0 Å². The highest BCUT2D eigenvalue weighted by Crippen LogP contribution is 2.09. The maximum absolute atomic E-state index is 12.0. The van der Waals surface area contributed by atoms with E-state index in [0.29, 0.717) is 11.1 Å². The molecule has 2 aromatic rings. The molecule has 2 heterocycles. The van der Waals surface area contributed by atoms with Crippen LogP contribution in [0.4, 0.5) is 0 Å². The zero-order valence-electron chi connectivity index (χ0n) is 10.0.